The second-order valence-electron chi connectivity index (χ2n) is 8.15. The Labute approximate surface area is 190 Å². The maximum absolute atomic E-state index is 13.4. The van der Waals surface area contributed by atoms with Crippen LogP contribution in [-0.2, 0) is 13.1 Å². The molecule has 33 heavy (non-hydrogen) atoms. The minimum atomic E-state index is -0.420. The maximum Gasteiger partial charge on any atom is 0.296 e. The molecule has 5 aromatic rings. The van der Waals surface area contributed by atoms with Gasteiger partial charge in [0.05, 0.1) is 17.6 Å². The molecule has 0 aliphatic heterocycles. The molecular weight excluding hydrogens is 414 g/mol. The lowest BCUT2D eigenvalue weighted by Gasteiger charge is -2.12. The van der Waals surface area contributed by atoms with E-state index < -0.39 is 5.91 Å². The van der Waals surface area contributed by atoms with E-state index in [1.807, 2.05) is 86.6 Å². The molecule has 0 aliphatic rings. The van der Waals surface area contributed by atoms with Crippen LogP contribution >= 0.6 is 0 Å². The molecule has 2 heterocycles. The first-order chi connectivity index (χ1) is 16.0. The highest BCUT2D eigenvalue weighted by molar-refractivity contribution is 5.91. The Balaban J connectivity index is 1.58. The highest BCUT2D eigenvalue weighted by atomic mass is 16.2. The number of hydrogen-bond acceptors (Lipinski definition) is 4. The third-order valence-electron chi connectivity index (χ3n) is 5.78. The quantitative estimate of drug-likeness (QED) is 0.455. The summed E-state index contributed by atoms with van der Waals surface area (Å²) >= 11 is 0. The van der Waals surface area contributed by atoms with Crippen molar-refractivity contribution in [3.05, 3.63) is 111 Å². The minimum absolute atomic E-state index is 0.0278. The molecule has 0 bridgehead atoms. The first-order valence-corrected chi connectivity index (χ1v) is 10.8. The normalized spacial score (nSPS) is 11.2. The third kappa shape index (κ3) is 3.89. The first kappa shape index (κ1) is 20.6. The molecule has 0 saturated carbocycles. The maximum atomic E-state index is 13.4. The lowest BCUT2D eigenvalue weighted by molar-refractivity contribution is 0.0941. The van der Waals surface area contributed by atoms with Gasteiger partial charge >= 0.3 is 0 Å². The average molecular weight is 438 g/mol. The van der Waals surface area contributed by atoms with Crippen LogP contribution in [0.25, 0.3) is 16.7 Å². The van der Waals surface area contributed by atoms with Crippen molar-refractivity contribution < 1.29 is 4.79 Å². The molecule has 0 saturated heterocycles. The number of fused-ring (bicyclic) bond motifs is 3. The predicted octanol–water partition coefficient (Wildman–Crippen LogP) is 3.64. The summed E-state index contributed by atoms with van der Waals surface area (Å²) in [6, 6.07) is 23.5. The third-order valence-corrected chi connectivity index (χ3v) is 5.78. The molecule has 0 spiro atoms. The lowest BCUT2D eigenvalue weighted by atomic mass is 10.1. The van der Waals surface area contributed by atoms with Crippen LogP contribution in [0.15, 0.2) is 77.6 Å². The van der Waals surface area contributed by atoms with Crippen molar-refractivity contribution in [2.45, 2.75) is 26.9 Å². The largest absolute Gasteiger partial charge is 0.345 e. The molecule has 7 nitrogen and oxygen atoms in total. The van der Waals surface area contributed by atoms with Gasteiger partial charge in [0.2, 0.25) is 11.5 Å². The Bertz CT molecular complexity index is 1550. The monoisotopic (exact) mass is 437 g/mol. The highest BCUT2D eigenvalue weighted by Crippen LogP contribution is 2.17. The summed E-state index contributed by atoms with van der Waals surface area (Å²) in [5, 5.41) is 7.26. The van der Waals surface area contributed by atoms with Gasteiger partial charge in [-0.2, -0.15) is 4.98 Å². The fourth-order valence-corrected chi connectivity index (χ4v) is 3.96. The zero-order valence-electron chi connectivity index (χ0n) is 18.4. The van der Waals surface area contributed by atoms with Gasteiger partial charge in [-0.05, 0) is 48.2 Å². The summed E-state index contributed by atoms with van der Waals surface area (Å²) in [6.45, 7) is 4.73. The number of carbonyl (C=O) groups is 1. The van der Waals surface area contributed by atoms with E-state index in [2.05, 4.69) is 15.4 Å². The van der Waals surface area contributed by atoms with Crippen LogP contribution in [-0.4, -0.2) is 25.1 Å². The molecule has 0 radical (unpaired) electrons. The van der Waals surface area contributed by atoms with Gasteiger partial charge in [-0.15, -0.1) is 5.10 Å². The van der Waals surface area contributed by atoms with Crippen molar-refractivity contribution in [3.8, 4) is 0 Å². The van der Waals surface area contributed by atoms with Crippen LogP contribution in [0.5, 0.6) is 0 Å². The number of nitrogens with zero attached hydrogens (tertiary/aromatic N) is 4. The van der Waals surface area contributed by atoms with Crippen LogP contribution in [0.3, 0.4) is 0 Å². The topological polar surface area (TPSA) is 81.3 Å². The average Bonchev–Trinajstić information content (AvgIpc) is 3.28. The summed E-state index contributed by atoms with van der Waals surface area (Å²) in [7, 11) is 0. The number of nitrogens with one attached hydrogen (secondary N) is 1. The van der Waals surface area contributed by atoms with Crippen LogP contribution in [0.2, 0.25) is 0 Å². The van der Waals surface area contributed by atoms with Crippen molar-refractivity contribution >= 4 is 22.6 Å². The highest BCUT2D eigenvalue weighted by Gasteiger charge is 2.19. The molecular formula is C26H23N5O2. The van der Waals surface area contributed by atoms with Crippen LogP contribution < -0.4 is 10.9 Å². The predicted molar refractivity (Wildman–Crippen MR) is 127 cm³/mol. The number of carbonyl (C=O) groups excluding carboxylic acids is 1. The second-order valence-corrected chi connectivity index (χ2v) is 8.15. The molecule has 3 aromatic carbocycles. The van der Waals surface area contributed by atoms with Gasteiger partial charge in [-0.1, -0.05) is 60.7 Å². The zero-order chi connectivity index (χ0) is 22.9. The van der Waals surface area contributed by atoms with E-state index in [0.29, 0.717) is 13.1 Å². The molecule has 0 atom stereocenters. The fraction of sp³-hybridized carbons (Fsp3) is 0.154. The van der Waals surface area contributed by atoms with Crippen molar-refractivity contribution in [3.63, 3.8) is 0 Å². The molecule has 0 aliphatic carbocycles. The van der Waals surface area contributed by atoms with E-state index in [0.717, 1.165) is 33.3 Å². The zero-order valence-corrected chi connectivity index (χ0v) is 18.4. The Morgan fingerprint density at radius 1 is 0.939 bits per heavy atom. The van der Waals surface area contributed by atoms with E-state index in [1.165, 1.54) is 4.52 Å². The Morgan fingerprint density at radius 2 is 1.70 bits per heavy atom. The van der Waals surface area contributed by atoms with E-state index in [1.54, 1.807) is 4.57 Å². The molecule has 5 rings (SSSR count). The molecule has 0 unspecified atom stereocenters. The number of benzene rings is 3. The van der Waals surface area contributed by atoms with E-state index in [4.69, 9.17) is 0 Å². The fourth-order valence-electron chi connectivity index (χ4n) is 3.96. The molecule has 0 fully saturated rings. The van der Waals surface area contributed by atoms with Crippen molar-refractivity contribution in [2.75, 3.05) is 0 Å². The number of hydrogen-bond donors (Lipinski definition) is 1. The van der Waals surface area contributed by atoms with Crippen LogP contribution in [0.4, 0.5) is 0 Å². The summed E-state index contributed by atoms with van der Waals surface area (Å²) in [5.41, 5.74) is 5.43. The SMILES string of the molecule is Cc1ccc2c(c1)n(Cc1ccccc1)c(=O)c1nc(C(=O)NCc3ccccc3C)nn12. The van der Waals surface area contributed by atoms with Gasteiger partial charge in [-0.3, -0.25) is 14.2 Å². The lowest BCUT2D eigenvalue weighted by Crippen LogP contribution is -2.24. The molecule has 164 valence electrons. The summed E-state index contributed by atoms with van der Waals surface area (Å²) in [4.78, 5) is 30.6. The van der Waals surface area contributed by atoms with Gasteiger partial charge in [0.25, 0.3) is 11.5 Å². The number of rotatable bonds is 5. The summed E-state index contributed by atoms with van der Waals surface area (Å²) in [6.07, 6.45) is 0. The molecule has 1 N–H and O–H groups in total. The minimum Gasteiger partial charge on any atom is -0.345 e. The Kier molecular flexibility index (Phi) is 5.22. The van der Waals surface area contributed by atoms with Crippen LogP contribution in [0, 0.1) is 13.8 Å². The van der Waals surface area contributed by atoms with Gasteiger partial charge in [-0.25, -0.2) is 4.52 Å². The van der Waals surface area contributed by atoms with E-state index >= 15 is 0 Å². The van der Waals surface area contributed by atoms with Gasteiger partial charge < -0.3 is 5.32 Å². The second kappa shape index (κ2) is 8.35. The van der Waals surface area contributed by atoms with Crippen molar-refractivity contribution in [2.24, 2.45) is 0 Å². The van der Waals surface area contributed by atoms with Crippen molar-refractivity contribution in [1.29, 1.82) is 0 Å². The standard InChI is InChI=1S/C26H23N5O2/c1-17-12-13-21-22(14-17)30(16-19-9-4-3-5-10-19)26(33)24-28-23(29-31(21)24)25(32)27-15-20-11-7-6-8-18(20)2/h3-14H,15-16H2,1-2H3,(H,27,32). The molecule has 7 heteroatoms. The number of aromatic nitrogens is 4. The van der Waals surface area contributed by atoms with Gasteiger partial charge in [0.15, 0.2) is 0 Å². The summed E-state index contributed by atoms with van der Waals surface area (Å²) < 4.78 is 3.16. The number of amides is 1. The molecule has 2 aromatic heterocycles. The number of aryl methyl sites for hydroxylation is 2. The Hall–Kier alpha value is -4.26. The van der Waals surface area contributed by atoms with Crippen molar-refractivity contribution in [1.82, 2.24) is 24.5 Å². The Morgan fingerprint density at radius 3 is 2.48 bits per heavy atom. The summed E-state index contributed by atoms with van der Waals surface area (Å²) in [5.74, 6) is -0.448. The van der Waals surface area contributed by atoms with E-state index in [-0.39, 0.29) is 17.0 Å². The van der Waals surface area contributed by atoms with Gasteiger partial charge in [0, 0.05) is 6.54 Å². The van der Waals surface area contributed by atoms with E-state index in [9.17, 15) is 9.59 Å². The first-order valence-electron chi connectivity index (χ1n) is 10.8. The molecule has 1 amide bonds. The van der Waals surface area contributed by atoms with Crippen LogP contribution in [0.1, 0.15) is 32.9 Å². The van der Waals surface area contributed by atoms with Gasteiger partial charge in [0.1, 0.15) is 0 Å². The smallest absolute Gasteiger partial charge is 0.296 e.